The van der Waals surface area contributed by atoms with Gasteiger partial charge in [0.15, 0.2) is 11.6 Å². The first-order chi connectivity index (χ1) is 7.04. The molecule has 0 fully saturated rings. The van der Waals surface area contributed by atoms with Crippen molar-refractivity contribution < 1.29 is 13.9 Å². The van der Waals surface area contributed by atoms with Crippen molar-refractivity contribution in [3.8, 4) is 0 Å². The minimum atomic E-state index is -0.936. The van der Waals surface area contributed by atoms with E-state index in [0.717, 1.165) is 24.1 Å². The third-order valence-electron chi connectivity index (χ3n) is 2.31. The highest BCUT2D eigenvalue weighted by atomic mass is 19.2. The Labute approximate surface area is 88.1 Å². The molecular formula is C12H14F2O. The van der Waals surface area contributed by atoms with Gasteiger partial charge < -0.3 is 5.11 Å². The van der Waals surface area contributed by atoms with E-state index in [1.54, 1.807) is 0 Å². The molecule has 1 unspecified atom stereocenters. The minimum absolute atomic E-state index is 0.377. The smallest absolute Gasteiger partial charge is 0.159 e. The lowest BCUT2D eigenvalue weighted by molar-refractivity contribution is 0.177. The third-order valence-corrected chi connectivity index (χ3v) is 2.31. The van der Waals surface area contributed by atoms with Gasteiger partial charge in [0.05, 0.1) is 6.10 Å². The summed E-state index contributed by atoms with van der Waals surface area (Å²) in [7, 11) is 0. The first-order valence-electron chi connectivity index (χ1n) is 4.84. The summed E-state index contributed by atoms with van der Waals surface area (Å²) in [5.74, 6) is -1.84. The molecule has 0 amide bonds. The number of benzene rings is 1. The molecule has 0 aromatic heterocycles. The Kier molecular flexibility index (Phi) is 3.97. The molecule has 15 heavy (non-hydrogen) atoms. The van der Waals surface area contributed by atoms with Crippen LogP contribution in [0, 0.1) is 11.6 Å². The quantitative estimate of drug-likeness (QED) is 0.759. The van der Waals surface area contributed by atoms with E-state index >= 15 is 0 Å². The van der Waals surface area contributed by atoms with Crippen LogP contribution >= 0.6 is 0 Å². The van der Waals surface area contributed by atoms with Gasteiger partial charge in [-0.05, 0) is 30.5 Å². The second-order valence-electron chi connectivity index (χ2n) is 3.50. The van der Waals surface area contributed by atoms with Gasteiger partial charge in [0.25, 0.3) is 0 Å². The molecule has 1 aromatic carbocycles. The third kappa shape index (κ3) is 3.13. The summed E-state index contributed by atoms with van der Waals surface area (Å²) in [4.78, 5) is 0. The van der Waals surface area contributed by atoms with Crippen LogP contribution in [0.25, 0.3) is 0 Å². The standard InChI is InChI=1S/C12H14F2O/c1-3-8(2)6-12(15)9-4-5-10(13)11(14)7-9/h4-5,7,12,15H,2-3,6H2,1H3. The van der Waals surface area contributed by atoms with Crippen LogP contribution in [0.2, 0.25) is 0 Å². The topological polar surface area (TPSA) is 20.2 Å². The Morgan fingerprint density at radius 3 is 2.60 bits per heavy atom. The molecule has 1 nitrogen and oxygen atoms in total. The number of aliphatic hydroxyl groups excluding tert-OH is 1. The minimum Gasteiger partial charge on any atom is -0.388 e. The summed E-state index contributed by atoms with van der Waals surface area (Å²) in [5, 5.41) is 9.69. The van der Waals surface area contributed by atoms with Crippen molar-refractivity contribution in [2.45, 2.75) is 25.9 Å². The number of halogens is 2. The second-order valence-corrected chi connectivity index (χ2v) is 3.50. The second kappa shape index (κ2) is 5.03. The Balaban J connectivity index is 2.78. The van der Waals surface area contributed by atoms with Crippen molar-refractivity contribution in [2.75, 3.05) is 0 Å². The van der Waals surface area contributed by atoms with Crippen LogP contribution < -0.4 is 0 Å². The van der Waals surface area contributed by atoms with Crippen LogP contribution in [-0.4, -0.2) is 5.11 Å². The van der Waals surface area contributed by atoms with Crippen molar-refractivity contribution in [3.63, 3.8) is 0 Å². The average Bonchev–Trinajstić information content (AvgIpc) is 2.21. The van der Waals surface area contributed by atoms with E-state index < -0.39 is 17.7 Å². The largest absolute Gasteiger partial charge is 0.388 e. The maximum absolute atomic E-state index is 12.9. The van der Waals surface area contributed by atoms with Crippen LogP contribution in [0.1, 0.15) is 31.4 Å². The van der Waals surface area contributed by atoms with E-state index in [1.807, 2.05) is 6.92 Å². The van der Waals surface area contributed by atoms with Crippen LogP contribution in [0.15, 0.2) is 30.4 Å². The van der Waals surface area contributed by atoms with E-state index in [0.29, 0.717) is 12.0 Å². The lowest BCUT2D eigenvalue weighted by Crippen LogP contribution is -2.00. The number of hydrogen-bond acceptors (Lipinski definition) is 1. The lowest BCUT2D eigenvalue weighted by atomic mass is 10.0. The number of aliphatic hydroxyl groups is 1. The fraction of sp³-hybridized carbons (Fsp3) is 0.333. The monoisotopic (exact) mass is 212 g/mol. The summed E-state index contributed by atoms with van der Waals surface area (Å²) in [6, 6.07) is 3.41. The number of rotatable bonds is 4. The van der Waals surface area contributed by atoms with Crippen molar-refractivity contribution >= 4 is 0 Å². The molecule has 0 radical (unpaired) electrons. The van der Waals surface area contributed by atoms with E-state index in [1.165, 1.54) is 6.07 Å². The molecule has 0 saturated carbocycles. The molecule has 0 bridgehead atoms. The van der Waals surface area contributed by atoms with Crippen molar-refractivity contribution in [1.29, 1.82) is 0 Å². The van der Waals surface area contributed by atoms with Crippen molar-refractivity contribution in [3.05, 3.63) is 47.5 Å². The molecule has 0 heterocycles. The average molecular weight is 212 g/mol. The molecule has 0 spiro atoms. The van der Waals surface area contributed by atoms with Gasteiger partial charge in [-0.2, -0.15) is 0 Å². The zero-order valence-electron chi connectivity index (χ0n) is 8.63. The van der Waals surface area contributed by atoms with Crippen LogP contribution in [0.3, 0.4) is 0 Å². The lowest BCUT2D eigenvalue weighted by Gasteiger charge is -2.12. The van der Waals surface area contributed by atoms with E-state index in [9.17, 15) is 13.9 Å². The maximum atomic E-state index is 12.9. The van der Waals surface area contributed by atoms with Crippen LogP contribution in [-0.2, 0) is 0 Å². The SMILES string of the molecule is C=C(CC)CC(O)c1ccc(F)c(F)c1. The molecule has 1 aromatic rings. The van der Waals surface area contributed by atoms with Crippen LogP contribution in [0.4, 0.5) is 8.78 Å². The molecule has 1 rings (SSSR count). The highest BCUT2D eigenvalue weighted by Gasteiger charge is 2.11. The van der Waals surface area contributed by atoms with Gasteiger partial charge in [-0.3, -0.25) is 0 Å². The van der Waals surface area contributed by atoms with E-state index in [2.05, 4.69) is 6.58 Å². The van der Waals surface area contributed by atoms with Gasteiger partial charge in [-0.1, -0.05) is 25.1 Å². The van der Waals surface area contributed by atoms with Gasteiger partial charge in [0.2, 0.25) is 0 Å². The normalized spacial score (nSPS) is 12.5. The first kappa shape index (κ1) is 11.9. The zero-order valence-corrected chi connectivity index (χ0v) is 8.63. The predicted octanol–water partition coefficient (Wildman–Crippen LogP) is 3.35. The Morgan fingerprint density at radius 2 is 2.07 bits per heavy atom. The summed E-state index contributed by atoms with van der Waals surface area (Å²) in [6.07, 6.45) is 0.329. The first-order valence-corrected chi connectivity index (χ1v) is 4.84. The highest BCUT2D eigenvalue weighted by molar-refractivity contribution is 5.21. The summed E-state index contributed by atoms with van der Waals surface area (Å²) >= 11 is 0. The highest BCUT2D eigenvalue weighted by Crippen LogP contribution is 2.22. The molecule has 1 atom stereocenters. The fourth-order valence-corrected chi connectivity index (χ4v) is 1.26. The van der Waals surface area contributed by atoms with Gasteiger partial charge >= 0.3 is 0 Å². The molecule has 0 saturated heterocycles. The Hall–Kier alpha value is -1.22. The molecule has 3 heteroatoms. The zero-order chi connectivity index (χ0) is 11.4. The fourth-order valence-electron chi connectivity index (χ4n) is 1.26. The molecule has 1 N–H and O–H groups in total. The molecular weight excluding hydrogens is 198 g/mol. The predicted molar refractivity (Wildman–Crippen MR) is 55.4 cm³/mol. The maximum Gasteiger partial charge on any atom is 0.159 e. The summed E-state index contributed by atoms with van der Waals surface area (Å²) in [5.41, 5.74) is 1.26. The van der Waals surface area contributed by atoms with Crippen molar-refractivity contribution in [2.24, 2.45) is 0 Å². The molecule has 0 aliphatic carbocycles. The van der Waals surface area contributed by atoms with E-state index in [4.69, 9.17) is 0 Å². The van der Waals surface area contributed by atoms with Crippen LogP contribution in [0.5, 0.6) is 0 Å². The van der Waals surface area contributed by atoms with Gasteiger partial charge in [0.1, 0.15) is 0 Å². The number of hydrogen-bond donors (Lipinski definition) is 1. The van der Waals surface area contributed by atoms with Gasteiger partial charge in [-0.15, -0.1) is 0 Å². The molecule has 0 aliphatic rings. The van der Waals surface area contributed by atoms with E-state index in [-0.39, 0.29) is 0 Å². The summed E-state index contributed by atoms with van der Waals surface area (Å²) in [6.45, 7) is 5.68. The van der Waals surface area contributed by atoms with Gasteiger partial charge in [-0.25, -0.2) is 8.78 Å². The Morgan fingerprint density at radius 1 is 1.40 bits per heavy atom. The van der Waals surface area contributed by atoms with Crippen molar-refractivity contribution in [1.82, 2.24) is 0 Å². The molecule has 0 aliphatic heterocycles. The summed E-state index contributed by atoms with van der Waals surface area (Å²) < 4.78 is 25.5. The van der Waals surface area contributed by atoms with Gasteiger partial charge in [0, 0.05) is 0 Å². The molecule has 82 valence electrons. The Bertz CT molecular complexity index is 361.